The summed E-state index contributed by atoms with van der Waals surface area (Å²) >= 11 is 0. The first-order valence-corrected chi connectivity index (χ1v) is 13.2. The molecule has 0 spiro atoms. The van der Waals surface area contributed by atoms with Crippen LogP contribution in [-0.2, 0) is 11.3 Å². The minimum absolute atomic E-state index is 0.0187. The van der Waals surface area contributed by atoms with Crippen molar-refractivity contribution in [2.75, 3.05) is 5.32 Å². The molecule has 194 valence electrons. The van der Waals surface area contributed by atoms with Gasteiger partial charge in [-0.05, 0) is 60.7 Å². The third-order valence-electron chi connectivity index (χ3n) is 7.23. The van der Waals surface area contributed by atoms with Gasteiger partial charge in [0, 0.05) is 5.56 Å². The Morgan fingerprint density at radius 3 is 2.44 bits per heavy atom. The summed E-state index contributed by atoms with van der Waals surface area (Å²) in [6.45, 7) is 2.37. The number of carbonyl (C=O) groups is 1. The number of hydrogen-bond acceptors (Lipinski definition) is 4. The summed E-state index contributed by atoms with van der Waals surface area (Å²) in [6.07, 6.45) is 1.48. The number of benzene rings is 4. The number of aromatic nitrogens is 2. The minimum Gasteiger partial charge on any atom is -0.368 e. The fourth-order valence-corrected chi connectivity index (χ4v) is 5.22. The first kappa shape index (κ1) is 24.8. The highest BCUT2D eigenvalue weighted by Crippen LogP contribution is 2.34. The highest BCUT2D eigenvalue weighted by atomic mass is 16.5. The summed E-state index contributed by atoms with van der Waals surface area (Å²) in [7, 11) is 0. The Bertz CT molecular complexity index is 1700. The largest absolute Gasteiger partial charge is 0.368 e. The van der Waals surface area contributed by atoms with Crippen LogP contribution in [0.4, 0.5) is 5.95 Å². The number of fused-ring (bicyclic) bond motifs is 1. The molecule has 1 aromatic heterocycles. The molecule has 6 nitrogen and oxygen atoms in total. The van der Waals surface area contributed by atoms with Crippen LogP contribution in [0.5, 0.6) is 0 Å². The van der Waals surface area contributed by atoms with Gasteiger partial charge in [-0.3, -0.25) is 19.5 Å². The van der Waals surface area contributed by atoms with Gasteiger partial charge in [-0.25, -0.2) is 4.98 Å². The summed E-state index contributed by atoms with van der Waals surface area (Å²) in [4.78, 5) is 31.7. The predicted octanol–water partition coefficient (Wildman–Crippen LogP) is 6.54. The first-order valence-electron chi connectivity index (χ1n) is 13.2. The highest BCUT2D eigenvalue weighted by molar-refractivity contribution is 6.03. The van der Waals surface area contributed by atoms with Crippen LogP contribution in [0.25, 0.3) is 22.0 Å². The Morgan fingerprint density at radius 1 is 0.897 bits per heavy atom. The molecular weight excluding hydrogens is 486 g/mol. The molecule has 2 heterocycles. The van der Waals surface area contributed by atoms with Gasteiger partial charge in [0.15, 0.2) is 0 Å². The molecule has 6 rings (SSSR count). The van der Waals surface area contributed by atoms with Crippen molar-refractivity contribution in [1.29, 1.82) is 0 Å². The third kappa shape index (κ3) is 5.24. The van der Waals surface area contributed by atoms with E-state index in [-0.39, 0.29) is 29.6 Å². The minimum atomic E-state index is -0.320. The second kappa shape index (κ2) is 10.7. The zero-order valence-corrected chi connectivity index (χ0v) is 21.7. The average molecular weight is 516 g/mol. The van der Waals surface area contributed by atoms with E-state index in [9.17, 15) is 9.59 Å². The monoisotopic (exact) mass is 515 g/mol. The molecule has 2 atom stereocenters. The van der Waals surface area contributed by atoms with Gasteiger partial charge in [0.2, 0.25) is 5.95 Å². The molecule has 1 aliphatic heterocycles. The van der Waals surface area contributed by atoms with Crippen molar-refractivity contribution in [2.45, 2.75) is 38.5 Å². The lowest BCUT2D eigenvalue weighted by Crippen LogP contribution is -2.31. The normalized spacial score (nSPS) is 16.8. The van der Waals surface area contributed by atoms with Crippen LogP contribution in [-0.4, -0.2) is 21.6 Å². The van der Waals surface area contributed by atoms with Crippen LogP contribution in [0.2, 0.25) is 0 Å². The zero-order valence-electron chi connectivity index (χ0n) is 21.7. The average Bonchev–Trinajstić information content (AvgIpc) is 3.44. The second-order valence-electron chi connectivity index (χ2n) is 10.0. The standard InChI is InChI=1S/C33H29N3O3/c1-22-9-8-14-26(19-22)30-18-16-27(39-30)21-36-32(38)28-17-15-25(23-10-4-2-5-11-23)20-29(28)34-33(36)35-31(37)24-12-6-3-7-13-24/h2-15,17,19-20,27,30H,16,18,21H2,1H3,(H,34,35,37). The van der Waals surface area contributed by atoms with Crippen molar-refractivity contribution >= 4 is 22.8 Å². The molecular formula is C33H29N3O3. The number of carbonyl (C=O) groups excluding carboxylic acids is 1. The summed E-state index contributed by atoms with van der Waals surface area (Å²) in [5.74, 6) is -0.103. The molecule has 4 aromatic carbocycles. The van der Waals surface area contributed by atoms with Gasteiger partial charge in [0.05, 0.1) is 29.7 Å². The molecule has 5 aromatic rings. The maximum absolute atomic E-state index is 13.8. The Kier molecular flexibility index (Phi) is 6.78. The molecule has 1 amide bonds. The highest BCUT2D eigenvalue weighted by Gasteiger charge is 2.28. The van der Waals surface area contributed by atoms with E-state index in [2.05, 4.69) is 30.4 Å². The fraction of sp³-hybridized carbons (Fsp3) is 0.182. The van der Waals surface area contributed by atoms with Crippen LogP contribution in [0.3, 0.4) is 0 Å². The Balaban J connectivity index is 1.36. The van der Waals surface area contributed by atoms with Gasteiger partial charge >= 0.3 is 0 Å². The van der Waals surface area contributed by atoms with Gasteiger partial charge in [0.25, 0.3) is 11.5 Å². The SMILES string of the molecule is Cc1cccc(C2CCC(Cn3c(NC(=O)c4ccccc4)nc4cc(-c5ccccc5)ccc4c3=O)O2)c1. The van der Waals surface area contributed by atoms with E-state index in [1.165, 1.54) is 5.56 Å². The van der Waals surface area contributed by atoms with Gasteiger partial charge in [-0.2, -0.15) is 0 Å². The number of nitrogens with one attached hydrogen (secondary N) is 1. The Hall–Kier alpha value is -4.55. The number of hydrogen-bond donors (Lipinski definition) is 1. The molecule has 0 radical (unpaired) electrons. The molecule has 0 aliphatic carbocycles. The number of nitrogens with zero attached hydrogens (tertiary/aromatic N) is 2. The third-order valence-corrected chi connectivity index (χ3v) is 7.23. The molecule has 1 fully saturated rings. The lowest BCUT2D eigenvalue weighted by molar-refractivity contribution is 0.0347. The van der Waals surface area contributed by atoms with E-state index in [0.29, 0.717) is 23.0 Å². The molecule has 39 heavy (non-hydrogen) atoms. The Labute approximate surface area is 226 Å². The van der Waals surface area contributed by atoms with E-state index in [1.54, 1.807) is 28.8 Å². The molecule has 1 aliphatic rings. The molecule has 0 saturated carbocycles. The van der Waals surface area contributed by atoms with E-state index in [4.69, 9.17) is 9.72 Å². The molecule has 2 unspecified atom stereocenters. The topological polar surface area (TPSA) is 73.2 Å². The van der Waals surface area contributed by atoms with Crippen LogP contribution >= 0.6 is 0 Å². The second-order valence-corrected chi connectivity index (χ2v) is 10.0. The fourth-order valence-electron chi connectivity index (χ4n) is 5.22. The Morgan fingerprint density at radius 2 is 1.67 bits per heavy atom. The van der Waals surface area contributed by atoms with Gasteiger partial charge < -0.3 is 4.74 Å². The summed E-state index contributed by atoms with van der Waals surface area (Å²) in [6, 6.07) is 32.9. The quantitative estimate of drug-likeness (QED) is 0.279. The van der Waals surface area contributed by atoms with Crippen LogP contribution in [0.15, 0.2) is 108 Å². The van der Waals surface area contributed by atoms with E-state index in [1.807, 2.05) is 60.7 Å². The van der Waals surface area contributed by atoms with Gasteiger partial charge in [-0.1, -0.05) is 84.4 Å². The summed E-state index contributed by atoms with van der Waals surface area (Å²) in [5, 5.41) is 3.40. The molecule has 0 bridgehead atoms. The number of rotatable bonds is 6. The maximum atomic E-state index is 13.8. The van der Waals surface area contributed by atoms with Crippen molar-refractivity contribution in [3.63, 3.8) is 0 Å². The van der Waals surface area contributed by atoms with Crippen molar-refractivity contribution in [3.05, 3.63) is 130 Å². The maximum Gasteiger partial charge on any atom is 0.262 e. The van der Waals surface area contributed by atoms with Crippen molar-refractivity contribution < 1.29 is 9.53 Å². The van der Waals surface area contributed by atoms with Crippen molar-refractivity contribution in [1.82, 2.24) is 9.55 Å². The van der Waals surface area contributed by atoms with Crippen LogP contribution < -0.4 is 10.9 Å². The summed E-state index contributed by atoms with van der Waals surface area (Å²) < 4.78 is 7.95. The van der Waals surface area contributed by atoms with E-state index in [0.717, 1.165) is 29.5 Å². The number of aryl methyl sites for hydroxylation is 1. The molecule has 1 saturated heterocycles. The molecule has 1 N–H and O–H groups in total. The van der Waals surface area contributed by atoms with Gasteiger partial charge in [0.1, 0.15) is 0 Å². The summed E-state index contributed by atoms with van der Waals surface area (Å²) in [5.41, 5.74) is 5.14. The van der Waals surface area contributed by atoms with Crippen LogP contribution in [0, 0.1) is 6.92 Å². The van der Waals surface area contributed by atoms with Crippen LogP contribution in [0.1, 0.15) is 40.4 Å². The van der Waals surface area contributed by atoms with Crippen molar-refractivity contribution in [3.8, 4) is 11.1 Å². The number of amides is 1. The predicted molar refractivity (Wildman–Crippen MR) is 154 cm³/mol. The lowest BCUT2D eigenvalue weighted by Gasteiger charge is -2.19. The zero-order chi connectivity index (χ0) is 26.8. The van der Waals surface area contributed by atoms with Crippen molar-refractivity contribution in [2.24, 2.45) is 0 Å². The lowest BCUT2D eigenvalue weighted by atomic mass is 10.0. The smallest absolute Gasteiger partial charge is 0.262 e. The number of anilines is 1. The van der Waals surface area contributed by atoms with E-state index < -0.39 is 0 Å². The molecule has 6 heteroatoms. The number of ether oxygens (including phenoxy) is 1. The first-order chi connectivity index (χ1) is 19.0. The van der Waals surface area contributed by atoms with Gasteiger partial charge in [-0.15, -0.1) is 0 Å². The van der Waals surface area contributed by atoms with E-state index >= 15 is 0 Å².